The van der Waals surface area contributed by atoms with E-state index in [0.717, 1.165) is 17.1 Å². The average molecular weight is 263 g/mol. The molecule has 0 spiro atoms. The number of hydrogen-bond donors (Lipinski definition) is 2. The molecule has 3 N–H and O–H groups in total. The second-order valence-corrected chi connectivity index (χ2v) is 5.49. The monoisotopic (exact) mass is 263 g/mol. The van der Waals surface area contributed by atoms with Crippen LogP contribution in [0, 0.1) is 0 Å². The lowest BCUT2D eigenvalue weighted by Gasteiger charge is -2.25. The van der Waals surface area contributed by atoms with Gasteiger partial charge in [-0.2, -0.15) is 0 Å². The van der Waals surface area contributed by atoms with Crippen LogP contribution >= 0.6 is 0 Å². The van der Waals surface area contributed by atoms with Crippen molar-refractivity contribution in [2.45, 2.75) is 37.2 Å². The quantitative estimate of drug-likeness (QED) is 0.872. The van der Waals surface area contributed by atoms with Crippen LogP contribution < -0.4 is 15.2 Å². The minimum atomic E-state index is -0.701. The summed E-state index contributed by atoms with van der Waals surface area (Å²) in [5.74, 6) is 2.84. The van der Waals surface area contributed by atoms with Crippen molar-refractivity contribution in [2.75, 3.05) is 20.8 Å². The van der Waals surface area contributed by atoms with Gasteiger partial charge in [0.25, 0.3) is 0 Å². The van der Waals surface area contributed by atoms with Crippen LogP contribution in [-0.4, -0.2) is 25.9 Å². The normalized spacial score (nSPS) is 25.3. The van der Waals surface area contributed by atoms with Crippen molar-refractivity contribution in [3.63, 3.8) is 0 Å². The Bertz CT molecular complexity index is 501. The first-order valence-electron chi connectivity index (χ1n) is 6.88. The molecule has 4 heteroatoms. The summed E-state index contributed by atoms with van der Waals surface area (Å²) in [7, 11) is 3.35. The molecule has 19 heavy (non-hydrogen) atoms. The van der Waals surface area contributed by atoms with Gasteiger partial charge in [-0.25, -0.2) is 0 Å². The Morgan fingerprint density at radius 1 is 1.26 bits per heavy atom. The van der Waals surface area contributed by atoms with Gasteiger partial charge < -0.3 is 20.3 Å². The minimum Gasteiger partial charge on any atom is -0.496 e. The molecule has 1 aromatic carbocycles. The molecule has 3 atom stereocenters. The lowest BCUT2D eigenvalue weighted by atomic mass is 9.87. The maximum atomic E-state index is 10.1. The highest BCUT2D eigenvalue weighted by molar-refractivity contribution is 5.61. The van der Waals surface area contributed by atoms with Gasteiger partial charge in [0.05, 0.1) is 20.3 Å². The first-order chi connectivity index (χ1) is 9.21. The van der Waals surface area contributed by atoms with Gasteiger partial charge in [0.1, 0.15) is 11.5 Å². The molecule has 3 unspecified atom stereocenters. The van der Waals surface area contributed by atoms with Crippen molar-refractivity contribution in [1.82, 2.24) is 0 Å². The summed E-state index contributed by atoms with van der Waals surface area (Å²) in [6.07, 6.45) is 2.92. The number of aliphatic hydroxyl groups is 1. The van der Waals surface area contributed by atoms with Crippen LogP contribution in [0.4, 0.5) is 0 Å². The zero-order valence-electron chi connectivity index (χ0n) is 11.5. The molecule has 0 aliphatic heterocycles. The second-order valence-electron chi connectivity index (χ2n) is 5.49. The Labute approximate surface area is 113 Å². The number of rotatable bonds is 4. The van der Waals surface area contributed by atoms with Crippen molar-refractivity contribution >= 4 is 0 Å². The van der Waals surface area contributed by atoms with E-state index in [2.05, 4.69) is 0 Å². The van der Waals surface area contributed by atoms with E-state index in [1.165, 1.54) is 30.4 Å². The summed E-state index contributed by atoms with van der Waals surface area (Å²) < 4.78 is 11.1. The van der Waals surface area contributed by atoms with Gasteiger partial charge in [-0.05, 0) is 37.2 Å². The molecule has 0 aromatic heterocycles. The Morgan fingerprint density at radius 2 is 1.95 bits per heavy atom. The molecule has 1 fully saturated rings. The molecule has 0 radical (unpaired) electrons. The van der Waals surface area contributed by atoms with E-state index in [-0.39, 0.29) is 6.54 Å². The lowest BCUT2D eigenvalue weighted by molar-refractivity contribution is 0.181. The molecular formula is C15H21NO3. The summed E-state index contributed by atoms with van der Waals surface area (Å²) in [5.41, 5.74) is 8.90. The SMILES string of the molecule is COc1cc(C(O)CN)c(OC)c2c1C1CCC2C1. The number of methoxy groups -OCH3 is 2. The fourth-order valence-electron chi connectivity index (χ4n) is 3.80. The van der Waals surface area contributed by atoms with Crippen LogP contribution in [0.2, 0.25) is 0 Å². The molecule has 0 heterocycles. The lowest BCUT2D eigenvalue weighted by Crippen LogP contribution is -2.15. The van der Waals surface area contributed by atoms with Crippen LogP contribution in [0.1, 0.15) is 53.9 Å². The molecular weight excluding hydrogens is 242 g/mol. The Balaban J connectivity index is 2.22. The van der Waals surface area contributed by atoms with E-state index in [9.17, 15) is 5.11 Å². The number of benzene rings is 1. The number of hydrogen-bond acceptors (Lipinski definition) is 4. The topological polar surface area (TPSA) is 64.7 Å². The Morgan fingerprint density at radius 3 is 2.53 bits per heavy atom. The summed E-state index contributed by atoms with van der Waals surface area (Å²) in [6, 6.07) is 1.90. The highest BCUT2D eigenvalue weighted by Crippen LogP contribution is 2.59. The van der Waals surface area contributed by atoms with E-state index in [0.29, 0.717) is 11.8 Å². The van der Waals surface area contributed by atoms with E-state index in [1.54, 1.807) is 14.2 Å². The van der Waals surface area contributed by atoms with E-state index >= 15 is 0 Å². The zero-order chi connectivity index (χ0) is 13.6. The van der Waals surface area contributed by atoms with Crippen LogP contribution in [-0.2, 0) is 0 Å². The third-order valence-corrected chi connectivity index (χ3v) is 4.60. The molecule has 2 aliphatic rings. The van der Waals surface area contributed by atoms with Gasteiger partial charge in [0.2, 0.25) is 0 Å². The van der Waals surface area contributed by atoms with Crippen LogP contribution in [0.25, 0.3) is 0 Å². The Kier molecular flexibility index (Phi) is 3.15. The van der Waals surface area contributed by atoms with Crippen LogP contribution in [0.3, 0.4) is 0 Å². The second kappa shape index (κ2) is 4.69. The largest absolute Gasteiger partial charge is 0.496 e. The summed E-state index contributed by atoms with van der Waals surface area (Å²) in [4.78, 5) is 0. The van der Waals surface area contributed by atoms with Crippen LogP contribution in [0.15, 0.2) is 6.07 Å². The van der Waals surface area contributed by atoms with Gasteiger partial charge in [0, 0.05) is 23.2 Å². The fraction of sp³-hybridized carbons (Fsp3) is 0.600. The smallest absolute Gasteiger partial charge is 0.128 e. The average Bonchev–Trinajstić information content (AvgIpc) is 3.06. The summed E-state index contributed by atoms with van der Waals surface area (Å²) >= 11 is 0. The fourth-order valence-corrected chi connectivity index (χ4v) is 3.80. The highest BCUT2D eigenvalue weighted by Gasteiger charge is 2.42. The number of nitrogens with two attached hydrogens (primary N) is 1. The van der Waals surface area contributed by atoms with Gasteiger partial charge in [-0.3, -0.25) is 0 Å². The third-order valence-electron chi connectivity index (χ3n) is 4.60. The molecule has 104 valence electrons. The maximum absolute atomic E-state index is 10.1. The van der Waals surface area contributed by atoms with Crippen molar-refractivity contribution in [2.24, 2.45) is 5.73 Å². The van der Waals surface area contributed by atoms with Gasteiger partial charge >= 0.3 is 0 Å². The maximum Gasteiger partial charge on any atom is 0.128 e. The molecule has 4 nitrogen and oxygen atoms in total. The Hall–Kier alpha value is -1.26. The molecule has 3 rings (SSSR count). The van der Waals surface area contributed by atoms with Crippen molar-refractivity contribution in [3.05, 3.63) is 22.8 Å². The number of aliphatic hydroxyl groups excluding tert-OH is 1. The first kappa shape index (κ1) is 12.8. The van der Waals surface area contributed by atoms with E-state index in [4.69, 9.17) is 15.2 Å². The molecule has 1 aromatic rings. The summed E-state index contributed by atoms with van der Waals surface area (Å²) in [6.45, 7) is 0.187. The van der Waals surface area contributed by atoms with Gasteiger partial charge in [-0.1, -0.05) is 0 Å². The molecule has 2 bridgehead atoms. The molecule has 0 saturated heterocycles. The zero-order valence-corrected chi connectivity index (χ0v) is 11.5. The van der Waals surface area contributed by atoms with Gasteiger partial charge in [0.15, 0.2) is 0 Å². The number of fused-ring (bicyclic) bond motifs is 5. The van der Waals surface area contributed by atoms with Gasteiger partial charge in [-0.15, -0.1) is 0 Å². The van der Waals surface area contributed by atoms with Crippen molar-refractivity contribution in [3.8, 4) is 11.5 Å². The highest BCUT2D eigenvalue weighted by atomic mass is 16.5. The minimum absolute atomic E-state index is 0.187. The van der Waals surface area contributed by atoms with E-state index < -0.39 is 6.10 Å². The molecule has 1 saturated carbocycles. The van der Waals surface area contributed by atoms with E-state index in [1.807, 2.05) is 6.07 Å². The summed E-state index contributed by atoms with van der Waals surface area (Å²) in [5, 5.41) is 10.1. The number of ether oxygens (including phenoxy) is 2. The standard InChI is InChI=1S/C15H21NO3/c1-18-12-6-10(11(17)7-16)15(19-2)14-9-4-3-8(5-9)13(12)14/h6,8-9,11,17H,3-5,7,16H2,1-2H3. The molecule has 2 aliphatic carbocycles. The predicted octanol–water partition coefficient (Wildman–Crippen LogP) is 2.06. The molecule has 0 amide bonds. The first-order valence-corrected chi connectivity index (χ1v) is 6.88. The third kappa shape index (κ3) is 1.74. The van der Waals surface area contributed by atoms with Crippen molar-refractivity contribution in [1.29, 1.82) is 0 Å². The van der Waals surface area contributed by atoms with Crippen LogP contribution in [0.5, 0.6) is 11.5 Å². The van der Waals surface area contributed by atoms with Crippen molar-refractivity contribution < 1.29 is 14.6 Å². The predicted molar refractivity (Wildman–Crippen MR) is 72.9 cm³/mol.